The molecule has 4 heterocycles. The smallest absolute Gasteiger partial charge is 0.335 e. The number of nitrogens with zero attached hydrogens (tertiary/aromatic N) is 3. The van der Waals surface area contributed by atoms with Crippen LogP contribution in [0.3, 0.4) is 0 Å². The van der Waals surface area contributed by atoms with Gasteiger partial charge in [0.2, 0.25) is 5.91 Å². The largest absolute Gasteiger partial charge is 0.478 e. The van der Waals surface area contributed by atoms with Crippen molar-refractivity contribution in [3.05, 3.63) is 93.0 Å². The Morgan fingerprint density at radius 2 is 1.95 bits per heavy atom. The normalized spacial score (nSPS) is 26.7. The molecule has 1 amide bonds. The highest BCUT2D eigenvalue weighted by atomic mass is 35.5. The van der Waals surface area contributed by atoms with Crippen molar-refractivity contribution in [3.63, 3.8) is 0 Å². The maximum atomic E-state index is 16.1. The molecule has 1 spiro atoms. The molecule has 1 aromatic heterocycles. The van der Waals surface area contributed by atoms with Gasteiger partial charge in [-0.25, -0.2) is 14.2 Å². The standard InChI is InChI=1S/C31H25Cl2FN4O3/c32-17-7-8-19-21(13-17)36-30(41)31(19)26(18-2-1-3-20(33)27(18)34)25-24(38(31)14-15-4-5-15)10-11-37-23-9-6-16(29(39)40)12-22(23)35-28(25)37/h1-3,6-9,12-13,15,24-26H,4-5,10-11,14H2,(H,36,41)(H,39,40)/t24?,25-,26+,31-/m1/s1. The number of hydrogen-bond acceptors (Lipinski definition) is 4. The number of aromatic carboxylic acids is 1. The third-order valence-electron chi connectivity index (χ3n) is 9.50. The number of nitrogens with one attached hydrogen (secondary N) is 1. The van der Waals surface area contributed by atoms with E-state index in [0.717, 1.165) is 36.2 Å². The third kappa shape index (κ3) is 3.44. The van der Waals surface area contributed by atoms with Gasteiger partial charge in [-0.15, -0.1) is 0 Å². The summed E-state index contributed by atoms with van der Waals surface area (Å²) in [6, 6.07) is 15.3. The fourth-order valence-corrected chi connectivity index (χ4v) is 8.08. The molecule has 8 rings (SSSR count). The number of imidazole rings is 1. The van der Waals surface area contributed by atoms with Gasteiger partial charge in [-0.1, -0.05) is 41.4 Å². The summed E-state index contributed by atoms with van der Waals surface area (Å²) in [6.07, 6.45) is 2.91. The fraction of sp³-hybridized carbons (Fsp3) is 0.323. The molecule has 3 aliphatic heterocycles. The first kappa shape index (κ1) is 25.3. The molecule has 4 aliphatic rings. The quantitative estimate of drug-likeness (QED) is 0.287. The van der Waals surface area contributed by atoms with Crippen LogP contribution in [0.4, 0.5) is 10.1 Å². The molecule has 208 valence electrons. The van der Waals surface area contributed by atoms with E-state index in [9.17, 15) is 14.7 Å². The van der Waals surface area contributed by atoms with Crippen molar-refractivity contribution in [2.24, 2.45) is 5.92 Å². The van der Waals surface area contributed by atoms with E-state index in [1.54, 1.807) is 42.5 Å². The van der Waals surface area contributed by atoms with Crippen molar-refractivity contribution in [3.8, 4) is 0 Å². The summed E-state index contributed by atoms with van der Waals surface area (Å²) in [7, 11) is 0. The third-order valence-corrected chi connectivity index (χ3v) is 10.0. The molecule has 3 aromatic carbocycles. The molecular formula is C31H25Cl2FN4O3. The van der Waals surface area contributed by atoms with Gasteiger partial charge < -0.3 is 15.0 Å². The average Bonchev–Trinajstić information content (AvgIpc) is 3.53. The maximum Gasteiger partial charge on any atom is 0.335 e. The fourth-order valence-electron chi connectivity index (χ4n) is 7.73. The number of carbonyl (C=O) groups excluding carboxylic acids is 1. The van der Waals surface area contributed by atoms with Crippen LogP contribution >= 0.6 is 23.2 Å². The number of carboxylic acid groups (broad SMARTS) is 1. The molecule has 4 atom stereocenters. The van der Waals surface area contributed by atoms with Crippen molar-refractivity contribution in [1.82, 2.24) is 14.5 Å². The number of carboxylic acids is 1. The molecule has 41 heavy (non-hydrogen) atoms. The van der Waals surface area contributed by atoms with Gasteiger partial charge in [0.25, 0.3) is 0 Å². The van der Waals surface area contributed by atoms with Crippen LogP contribution < -0.4 is 5.32 Å². The number of amides is 1. The lowest BCUT2D eigenvalue weighted by atomic mass is 9.70. The van der Waals surface area contributed by atoms with Crippen LogP contribution in [0.25, 0.3) is 11.0 Å². The van der Waals surface area contributed by atoms with E-state index >= 15 is 4.39 Å². The monoisotopic (exact) mass is 590 g/mol. The summed E-state index contributed by atoms with van der Waals surface area (Å²) in [5, 5.41) is 13.2. The van der Waals surface area contributed by atoms with Crippen LogP contribution in [0.5, 0.6) is 0 Å². The summed E-state index contributed by atoms with van der Waals surface area (Å²) < 4.78 is 18.3. The predicted octanol–water partition coefficient (Wildman–Crippen LogP) is 6.39. The minimum atomic E-state index is -1.21. The molecule has 2 fully saturated rings. The highest BCUT2D eigenvalue weighted by Crippen LogP contribution is 2.64. The lowest BCUT2D eigenvalue weighted by molar-refractivity contribution is -0.128. The maximum absolute atomic E-state index is 16.1. The van der Waals surface area contributed by atoms with Crippen LogP contribution in [0.15, 0.2) is 54.6 Å². The van der Waals surface area contributed by atoms with Crippen LogP contribution in [0.1, 0.15) is 58.4 Å². The van der Waals surface area contributed by atoms with E-state index in [1.165, 1.54) is 6.07 Å². The topological polar surface area (TPSA) is 87.5 Å². The van der Waals surface area contributed by atoms with Crippen molar-refractivity contribution < 1.29 is 19.1 Å². The SMILES string of the molecule is O=C(O)c1ccc2c(c1)nc1n2CCC2[C@@H]1[C@H](c1cccc(Cl)c1F)[C@]1(C(=O)Nc3cc(Cl)ccc31)N2CC1CC1. The number of aromatic nitrogens is 2. The summed E-state index contributed by atoms with van der Waals surface area (Å²) in [4.78, 5) is 33.5. The Morgan fingerprint density at radius 1 is 1.12 bits per heavy atom. The zero-order valence-corrected chi connectivity index (χ0v) is 23.3. The first-order valence-corrected chi connectivity index (χ1v) is 14.6. The van der Waals surface area contributed by atoms with E-state index in [-0.39, 0.29) is 28.5 Å². The molecule has 1 unspecified atom stereocenters. The molecule has 1 saturated heterocycles. The number of hydrogen-bond donors (Lipinski definition) is 2. The molecule has 1 saturated carbocycles. The van der Waals surface area contributed by atoms with E-state index in [2.05, 4.69) is 14.8 Å². The van der Waals surface area contributed by atoms with Gasteiger partial charge in [0.15, 0.2) is 0 Å². The minimum Gasteiger partial charge on any atom is -0.478 e. The van der Waals surface area contributed by atoms with Crippen molar-refractivity contribution in [2.75, 3.05) is 11.9 Å². The van der Waals surface area contributed by atoms with E-state index in [1.807, 2.05) is 6.07 Å². The molecule has 0 bridgehead atoms. The second-order valence-electron chi connectivity index (χ2n) is 11.6. The first-order valence-electron chi connectivity index (χ1n) is 13.8. The first-order chi connectivity index (χ1) is 19.8. The highest BCUT2D eigenvalue weighted by molar-refractivity contribution is 6.31. The summed E-state index contributed by atoms with van der Waals surface area (Å²) in [6.45, 7) is 1.36. The molecule has 4 aromatic rings. The van der Waals surface area contributed by atoms with Gasteiger partial charge in [0.05, 0.1) is 21.6 Å². The second-order valence-corrected chi connectivity index (χ2v) is 12.5. The van der Waals surface area contributed by atoms with E-state index < -0.39 is 23.2 Å². The van der Waals surface area contributed by atoms with Gasteiger partial charge in [0.1, 0.15) is 17.2 Å². The molecule has 2 N–H and O–H groups in total. The zero-order chi connectivity index (χ0) is 28.2. The molecular weight excluding hydrogens is 566 g/mol. The van der Waals surface area contributed by atoms with Crippen LogP contribution in [0.2, 0.25) is 10.0 Å². The van der Waals surface area contributed by atoms with Gasteiger partial charge >= 0.3 is 5.97 Å². The van der Waals surface area contributed by atoms with Gasteiger partial charge in [-0.05, 0) is 67.1 Å². The average molecular weight is 591 g/mol. The Kier molecular flexibility index (Phi) is 5.40. The number of fused-ring (bicyclic) bond motifs is 7. The van der Waals surface area contributed by atoms with Crippen molar-refractivity contribution in [2.45, 2.75) is 49.2 Å². The number of carbonyl (C=O) groups is 2. The number of halogens is 3. The minimum absolute atomic E-state index is 0.00000926. The van der Waals surface area contributed by atoms with Crippen LogP contribution in [-0.2, 0) is 16.9 Å². The number of likely N-dealkylation sites (tertiary alicyclic amines) is 1. The van der Waals surface area contributed by atoms with Gasteiger partial charge in [-0.2, -0.15) is 0 Å². The lowest BCUT2D eigenvalue weighted by Gasteiger charge is -2.40. The summed E-state index contributed by atoms with van der Waals surface area (Å²) in [5.74, 6) is -1.59. The Bertz CT molecular complexity index is 1800. The highest BCUT2D eigenvalue weighted by Gasteiger charge is 2.69. The number of rotatable bonds is 4. The number of anilines is 1. The zero-order valence-electron chi connectivity index (χ0n) is 21.8. The molecule has 0 radical (unpaired) electrons. The van der Waals surface area contributed by atoms with Crippen LogP contribution in [-0.4, -0.2) is 44.0 Å². The number of benzene rings is 3. The lowest BCUT2D eigenvalue weighted by Crippen LogP contribution is -2.53. The second kappa shape index (κ2) is 8.77. The van der Waals surface area contributed by atoms with E-state index in [4.69, 9.17) is 28.2 Å². The summed E-state index contributed by atoms with van der Waals surface area (Å²) >= 11 is 12.7. The van der Waals surface area contributed by atoms with E-state index in [0.29, 0.717) is 40.8 Å². The van der Waals surface area contributed by atoms with Crippen molar-refractivity contribution >= 4 is 51.8 Å². The van der Waals surface area contributed by atoms with Crippen molar-refractivity contribution in [1.29, 1.82) is 0 Å². The van der Waals surface area contributed by atoms with Gasteiger partial charge in [-0.3, -0.25) is 9.69 Å². The Morgan fingerprint density at radius 3 is 2.73 bits per heavy atom. The molecule has 1 aliphatic carbocycles. The Hall–Kier alpha value is -3.46. The molecule has 7 nitrogen and oxygen atoms in total. The predicted molar refractivity (Wildman–Crippen MR) is 153 cm³/mol. The Labute approximate surface area is 244 Å². The van der Waals surface area contributed by atoms with Crippen LogP contribution in [0, 0.1) is 11.7 Å². The Balaban J connectivity index is 1.43. The summed E-state index contributed by atoms with van der Waals surface area (Å²) in [5.41, 5.74) is 2.13. The number of aryl methyl sites for hydroxylation is 1. The van der Waals surface area contributed by atoms with Gasteiger partial charge in [0, 0.05) is 47.2 Å². The molecule has 10 heteroatoms.